The van der Waals surface area contributed by atoms with E-state index in [1.807, 2.05) is 48.5 Å². The van der Waals surface area contributed by atoms with Crippen molar-refractivity contribution < 1.29 is 4.79 Å². The van der Waals surface area contributed by atoms with Crippen molar-refractivity contribution in [3.05, 3.63) is 76.8 Å². The van der Waals surface area contributed by atoms with E-state index >= 15 is 0 Å². The lowest BCUT2D eigenvalue weighted by Gasteiger charge is -2.13. The molecule has 3 aromatic rings. The van der Waals surface area contributed by atoms with Gasteiger partial charge in [0.15, 0.2) is 5.11 Å². The van der Waals surface area contributed by atoms with Crippen LogP contribution in [-0.4, -0.2) is 11.0 Å². The molecule has 0 aliphatic rings. The molecule has 0 aromatic heterocycles. The molecular formula is C20H17ClN2OS. The Bertz CT molecular complexity index is 955. The summed E-state index contributed by atoms with van der Waals surface area (Å²) in [4.78, 5) is 12.6. The molecule has 0 bridgehead atoms. The SMILES string of the molecule is CCc1ccccc1NC(=S)NC(=O)c1cccc2c(Cl)cccc12. The zero-order valence-electron chi connectivity index (χ0n) is 13.7. The summed E-state index contributed by atoms with van der Waals surface area (Å²) in [7, 11) is 0. The molecule has 0 fully saturated rings. The summed E-state index contributed by atoms with van der Waals surface area (Å²) in [6, 6.07) is 18.8. The van der Waals surface area contributed by atoms with Crippen molar-refractivity contribution in [3.63, 3.8) is 0 Å². The highest BCUT2D eigenvalue weighted by molar-refractivity contribution is 7.80. The van der Waals surface area contributed by atoms with Gasteiger partial charge in [0.2, 0.25) is 0 Å². The van der Waals surface area contributed by atoms with Gasteiger partial charge in [0.1, 0.15) is 0 Å². The average Bonchev–Trinajstić information content (AvgIpc) is 2.62. The van der Waals surface area contributed by atoms with Gasteiger partial charge in [0, 0.05) is 21.7 Å². The smallest absolute Gasteiger partial charge is 0.258 e. The Hall–Kier alpha value is -2.43. The van der Waals surface area contributed by atoms with Gasteiger partial charge in [-0.05, 0) is 47.8 Å². The zero-order valence-corrected chi connectivity index (χ0v) is 15.2. The van der Waals surface area contributed by atoms with Crippen molar-refractivity contribution >= 4 is 51.3 Å². The van der Waals surface area contributed by atoms with E-state index in [0.29, 0.717) is 10.6 Å². The normalized spacial score (nSPS) is 10.5. The molecule has 1 amide bonds. The van der Waals surface area contributed by atoms with Crippen LogP contribution in [0.4, 0.5) is 5.69 Å². The van der Waals surface area contributed by atoms with E-state index in [0.717, 1.165) is 28.4 Å². The van der Waals surface area contributed by atoms with Crippen LogP contribution in [0.15, 0.2) is 60.7 Å². The molecule has 3 rings (SSSR count). The fraction of sp³-hybridized carbons (Fsp3) is 0.100. The van der Waals surface area contributed by atoms with Crippen molar-refractivity contribution in [2.45, 2.75) is 13.3 Å². The summed E-state index contributed by atoms with van der Waals surface area (Å²) in [5.41, 5.74) is 2.57. The van der Waals surface area contributed by atoms with Crippen LogP contribution in [0.3, 0.4) is 0 Å². The first-order valence-corrected chi connectivity index (χ1v) is 8.76. The molecule has 0 spiro atoms. The van der Waals surface area contributed by atoms with E-state index in [-0.39, 0.29) is 11.0 Å². The number of aryl methyl sites for hydroxylation is 1. The van der Waals surface area contributed by atoms with Crippen LogP contribution in [0, 0.1) is 0 Å². The number of carbonyl (C=O) groups excluding carboxylic acids is 1. The third-order valence-electron chi connectivity index (χ3n) is 3.99. The van der Waals surface area contributed by atoms with E-state index in [9.17, 15) is 4.79 Å². The van der Waals surface area contributed by atoms with Crippen LogP contribution < -0.4 is 10.6 Å². The summed E-state index contributed by atoms with van der Waals surface area (Å²) in [6.45, 7) is 2.07. The molecule has 2 N–H and O–H groups in total. The fourth-order valence-electron chi connectivity index (χ4n) is 2.74. The van der Waals surface area contributed by atoms with Crippen molar-refractivity contribution in [3.8, 4) is 0 Å². The highest BCUT2D eigenvalue weighted by Gasteiger charge is 2.13. The van der Waals surface area contributed by atoms with Crippen molar-refractivity contribution in [1.29, 1.82) is 0 Å². The van der Waals surface area contributed by atoms with Gasteiger partial charge in [-0.3, -0.25) is 10.1 Å². The van der Waals surface area contributed by atoms with Gasteiger partial charge in [0.25, 0.3) is 5.91 Å². The fourth-order valence-corrected chi connectivity index (χ4v) is 3.18. The monoisotopic (exact) mass is 368 g/mol. The lowest BCUT2D eigenvalue weighted by Crippen LogP contribution is -2.34. The molecule has 5 heteroatoms. The van der Waals surface area contributed by atoms with Gasteiger partial charge < -0.3 is 5.32 Å². The topological polar surface area (TPSA) is 41.1 Å². The summed E-state index contributed by atoms with van der Waals surface area (Å²) in [5.74, 6) is -0.264. The highest BCUT2D eigenvalue weighted by Crippen LogP contribution is 2.26. The van der Waals surface area contributed by atoms with Crippen molar-refractivity contribution in [1.82, 2.24) is 5.32 Å². The highest BCUT2D eigenvalue weighted by atomic mass is 35.5. The number of hydrogen-bond donors (Lipinski definition) is 2. The van der Waals surface area contributed by atoms with Crippen LogP contribution in [0.1, 0.15) is 22.8 Å². The first-order valence-electron chi connectivity index (χ1n) is 7.97. The third-order valence-corrected chi connectivity index (χ3v) is 4.52. The van der Waals surface area contributed by atoms with Crippen LogP contribution >= 0.6 is 23.8 Å². The minimum Gasteiger partial charge on any atom is -0.332 e. The number of anilines is 1. The maximum Gasteiger partial charge on any atom is 0.258 e. The Kier molecular flexibility index (Phi) is 5.31. The molecule has 25 heavy (non-hydrogen) atoms. The third kappa shape index (κ3) is 3.81. The number of nitrogens with one attached hydrogen (secondary N) is 2. The molecule has 0 atom stereocenters. The van der Waals surface area contributed by atoms with Gasteiger partial charge in [-0.1, -0.05) is 61.0 Å². The van der Waals surface area contributed by atoms with Gasteiger partial charge >= 0.3 is 0 Å². The number of benzene rings is 3. The Morgan fingerprint density at radius 2 is 1.72 bits per heavy atom. The largest absolute Gasteiger partial charge is 0.332 e. The molecule has 0 aliphatic heterocycles. The van der Waals surface area contributed by atoms with Crippen LogP contribution in [0.25, 0.3) is 10.8 Å². The van der Waals surface area contributed by atoms with Crippen LogP contribution in [0.2, 0.25) is 5.02 Å². The Morgan fingerprint density at radius 3 is 2.52 bits per heavy atom. The molecule has 0 saturated carbocycles. The van der Waals surface area contributed by atoms with Gasteiger partial charge in [0.05, 0.1) is 0 Å². The number of hydrogen-bond acceptors (Lipinski definition) is 2. The van der Waals surface area contributed by atoms with E-state index in [1.54, 1.807) is 12.1 Å². The Balaban J connectivity index is 1.81. The predicted molar refractivity (Wildman–Crippen MR) is 108 cm³/mol. The lowest BCUT2D eigenvalue weighted by molar-refractivity contribution is 0.0979. The average molecular weight is 369 g/mol. The summed E-state index contributed by atoms with van der Waals surface area (Å²) in [5, 5.41) is 8.36. The number of fused-ring (bicyclic) bond motifs is 1. The molecule has 0 heterocycles. The van der Waals surface area contributed by atoms with Crippen molar-refractivity contribution in [2.75, 3.05) is 5.32 Å². The van der Waals surface area contributed by atoms with Gasteiger partial charge in [-0.2, -0.15) is 0 Å². The molecule has 3 aromatic carbocycles. The van der Waals surface area contributed by atoms with E-state index in [1.165, 1.54) is 0 Å². The maximum atomic E-state index is 12.6. The molecule has 126 valence electrons. The molecule has 0 saturated heterocycles. The van der Waals surface area contributed by atoms with Gasteiger partial charge in [-0.15, -0.1) is 0 Å². The van der Waals surface area contributed by atoms with Crippen LogP contribution in [-0.2, 0) is 6.42 Å². The molecular weight excluding hydrogens is 352 g/mol. The van der Waals surface area contributed by atoms with Crippen molar-refractivity contribution in [2.24, 2.45) is 0 Å². The molecule has 0 aliphatic carbocycles. The maximum absolute atomic E-state index is 12.6. The summed E-state index contributed by atoms with van der Waals surface area (Å²) in [6.07, 6.45) is 0.877. The van der Waals surface area contributed by atoms with E-state index in [4.69, 9.17) is 23.8 Å². The molecule has 0 unspecified atom stereocenters. The standard InChI is InChI=1S/C20H17ClN2OS/c1-2-13-7-3-4-12-18(13)22-20(25)23-19(24)16-10-5-9-15-14(16)8-6-11-17(15)21/h3-12H,2H2,1H3,(H2,22,23,24,25). The first kappa shape index (κ1) is 17.4. The Labute approximate surface area is 157 Å². The minimum absolute atomic E-state index is 0.264. The number of amides is 1. The van der Waals surface area contributed by atoms with Crippen LogP contribution in [0.5, 0.6) is 0 Å². The number of para-hydroxylation sites is 1. The quantitative estimate of drug-likeness (QED) is 0.625. The Morgan fingerprint density at radius 1 is 1.00 bits per heavy atom. The molecule has 3 nitrogen and oxygen atoms in total. The predicted octanol–water partition coefficient (Wildman–Crippen LogP) is 5.18. The summed E-state index contributed by atoms with van der Waals surface area (Å²) < 4.78 is 0. The minimum atomic E-state index is -0.264. The summed E-state index contributed by atoms with van der Waals surface area (Å²) >= 11 is 11.5. The number of rotatable bonds is 3. The second kappa shape index (κ2) is 7.64. The number of halogens is 1. The number of thiocarbonyl (C=S) groups is 1. The van der Waals surface area contributed by atoms with E-state index < -0.39 is 0 Å². The zero-order chi connectivity index (χ0) is 17.8. The van der Waals surface area contributed by atoms with E-state index in [2.05, 4.69) is 17.6 Å². The lowest BCUT2D eigenvalue weighted by atomic mass is 10.0. The second-order valence-electron chi connectivity index (χ2n) is 5.56. The molecule has 0 radical (unpaired) electrons. The second-order valence-corrected chi connectivity index (χ2v) is 6.37. The first-order chi connectivity index (χ1) is 12.1. The number of carbonyl (C=O) groups is 1. The van der Waals surface area contributed by atoms with Gasteiger partial charge in [-0.25, -0.2) is 0 Å².